The summed E-state index contributed by atoms with van der Waals surface area (Å²) in [5, 5.41) is 9.19. The fourth-order valence-electron chi connectivity index (χ4n) is 2.75. The number of hydrogen-bond donors (Lipinski definition) is 1. The van der Waals surface area contributed by atoms with E-state index in [1.807, 2.05) is 0 Å². The zero-order valence-electron chi connectivity index (χ0n) is 10.9. The Balaban J connectivity index is 2.26. The lowest BCUT2D eigenvalue weighted by Crippen LogP contribution is -2.32. The van der Waals surface area contributed by atoms with Crippen LogP contribution in [0.5, 0.6) is 0 Å². The minimum absolute atomic E-state index is 0.171. The van der Waals surface area contributed by atoms with E-state index in [-0.39, 0.29) is 11.6 Å². The number of carbonyl (C=O) groups is 2. The van der Waals surface area contributed by atoms with Crippen molar-refractivity contribution >= 4 is 11.8 Å². The number of aryl methyl sites for hydroxylation is 1. The lowest BCUT2D eigenvalue weighted by Gasteiger charge is -2.27. The van der Waals surface area contributed by atoms with Crippen LogP contribution in [-0.2, 0) is 4.79 Å². The van der Waals surface area contributed by atoms with Crippen LogP contribution in [0.25, 0.3) is 0 Å². The van der Waals surface area contributed by atoms with Gasteiger partial charge in [-0.15, -0.1) is 0 Å². The van der Waals surface area contributed by atoms with Crippen molar-refractivity contribution in [3.8, 4) is 0 Å². The highest BCUT2D eigenvalue weighted by atomic mass is 19.1. The van der Waals surface area contributed by atoms with Gasteiger partial charge in [0, 0.05) is 11.5 Å². The summed E-state index contributed by atoms with van der Waals surface area (Å²) in [5.41, 5.74) is 0.825. The van der Waals surface area contributed by atoms with Crippen LogP contribution in [0.1, 0.15) is 41.6 Å². The molecule has 19 heavy (non-hydrogen) atoms. The Morgan fingerprint density at radius 2 is 1.84 bits per heavy atom. The summed E-state index contributed by atoms with van der Waals surface area (Å²) >= 11 is 0. The van der Waals surface area contributed by atoms with Crippen LogP contribution in [0.2, 0.25) is 0 Å². The molecule has 1 aliphatic carbocycles. The number of carbonyl (C=O) groups excluding carboxylic acids is 1. The molecular weight excluding hydrogens is 247 g/mol. The fraction of sp³-hybridized carbons (Fsp3) is 0.467. The van der Waals surface area contributed by atoms with Crippen molar-refractivity contribution in [2.24, 2.45) is 11.8 Å². The van der Waals surface area contributed by atoms with Gasteiger partial charge in [0.25, 0.3) is 0 Å². The van der Waals surface area contributed by atoms with Crippen molar-refractivity contribution in [3.63, 3.8) is 0 Å². The van der Waals surface area contributed by atoms with Gasteiger partial charge in [0.05, 0.1) is 5.92 Å². The molecule has 1 aromatic rings. The number of rotatable bonds is 3. The zero-order chi connectivity index (χ0) is 14.0. The first-order valence-electron chi connectivity index (χ1n) is 6.54. The summed E-state index contributed by atoms with van der Waals surface area (Å²) in [6, 6.07) is 4.21. The van der Waals surface area contributed by atoms with E-state index in [0.717, 1.165) is 12.8 Å². The van der Waals surface area contributed by atoms with E-state index in [1.54, 1.807) is 6.92 Å². The van der Waals surface area contributed by atoms with Crippen molar-refractivity contribution in [3.05, 3.63) is 35.1 Å². The molecule has 0 amide bonds. The molecule has 0 aromatic heterocycles. The van der Waals surface area contributed by atoms with Crippen LogP contribution in [0, 0.1) is 24.6 Å². The van der Waals surface area contributed by atoms with Gasteiger partial charge in [0.15, 0.2) is 5.78 Å². The number of benzene rings is 1. The second kappa shape index (κ2) is 5.51. The molecule has 1 fully saturated rings. The summed E-state index contributed by atoms with van der Waals surface area (Å²) in [7, 11) is 0. The highest BCUT2D eigenvalue weighted by Gasteiger charge is 2.36. The van der Waals surface area contributed by atoms with Gasteiger partial charge in [-0.2, -0.15) is 0 Å². The van der Waals surface area contributed by atoms with Gasteiger partial charge in [0.1, 0.15) is 5.82 Å². The Labute approximate surface area is 111 Å². The molecule has 3 nitrogen and oxygen atoms in total. The minimum atomic E-state index is -0.906. The number of halogens is 1. The quantitative estimate of drug-likeness (QED) is 0.853. The first-order valence-corrected chi connectivity index (χ1v) is 6.54. The maximum atomic E-state index is 13.2. The number of hydrogen-bond acceptors (Lipinski definition) is 2. The van der Waals surface area contributed by atoms with E-state index in [4.69, 9.17) is 0 Å². The van der Waals surface area contributed by atoms with Gasteiger partial charge >= 0.3 is 5.97 Å². The third-order valence-corrected chi connectivity index (χ3v) is 3.86. The molecule has 0 radical (unpaired) electrons. The standard InChI is InChI=1S/C15H17FO3/c1-9-8-10(6-7-13(9)16)14(17)11-4-2-3-5-12(11)15(18)19/h6-8,11-12H,2-5H2,1H3,(H,18,19)/t11-,12+/m0/s1. The van der Waals surface area contributed by atoms with Crippen LogP contribution in [0.15, 0.2) is 18.2 Å². The van der Waals surface area contributed by atoms with E-state index in [9.17, 15) is 19.1 Å². The first-order chi connectivity index (χ1) is 9.00. The van der Waals surface area contributed by atoms with Crippen molar-refractivity contribution in [1.82, 2.24) is 0 Å². The molecule has 1 N–H and O–H groups in total. The number of carboxylic acids is 1. The molecule has 102 valence electrons. The highest BCUT2D eigenvalue weighted by Crippen LogP contribution is 2.33. The molecule has 1 aromatic carbocycles. The van der Waals surface area contributed by atoms with Crippen molar-refractivity contribution in [2.75, 3.05) is 0 Å². The molecule has 2 rings (SSSR count). The Morgan fingerprint density at radius 1 is 1.21 bits per heavy atom. The average Bonchev–Trinajstić information content (AvgIpc) is 2.41. The van der Waals surface area contributed by atoms with Crippen LogP contribution in [0.3, 0.4) is 0 Å². The van der Waals surface area contributed by atoms with Crippen molar-refractivity contribution in [2.45, 2.75) is 32.6 Å². The number of Topliss-reactive ketones (excluding diaryl/α,β-unsaturated/α-hetero) is 1. The van der Waals surface area contributed by atoms with Gasteiger partial charge < -0.3 is 5.11 Å². The molecule has 1 aliphatic rings. The normalized spacial score (nSPS) is 23.1. The Hall–Kier alpha value is -1.71. The van der Waals surface area contributed by atoms with Crippen molar-refractivity contribution in [1.29, 1.82) is 0 Å². The van der Waals surface area contributed by atoms with Gasteiger partial charge in [-0.1, -0.05) is 12.8 Å². The smallest absolute Gasteiger partial charge is 0.307 e. The van der Waals surface area contributed by atoms with Gasteiger partial charge in [-0.25, -0.2) is 4.39 Å². The van der Waals surface area contributed by atoms with Gasteiger partial charge in [-0.3, -0.25) is 9.59 Å². The second-order valence-electron chi connectivity index (χ2n) is 5.16. The number of carboxylic acid groups (broad SMARTS) is 1. The zero-order valence-corrected chi connectivity index (χ0v) is 10.9. The van der Waals surface area contributed by atoms with Crippen molar-refractivity contribution < 1.29 is 19.1 Å². The van der Waals surface area contributed by atoms with Crippen LogP contribution in [0.4, 0.5) is 4.39 Å². The summed E-state index contributed by atoms with van der Waals surface area (Å²) in [5.74, 6) is -2.51. The average molecular weight is 264 g/mol. The third kappa shape index (κ3) is 2.83. The summed E-state index contributed by atoms with van der Waals surface area (Å²) in [6.45, 7) is 1.60. The maximum Gasteiger partial charge on any atom is 0.307 e. The fourth-order valence-corrected chi connectivity index (χ4v) is 2.75. The summed E-state index contributed by atoms with van der Waals surface area (Å²) in [6.07, 6.45) is 2.88. The van der Waals surface area contributed by atoms with E-state index < -0.39 is 17.8 Å². The Bertz CT molecular complexity index is 510. The van der Waals surface area contributed by atoms with Gasteiger partial charge in [0.2, 0.25) is 0 Å². The topological polar surface area (TPSA) is 54.4 Å². The predicted octanol–water partition coefficient (Wildman–Crippen LogP) is 3.21. The lowest BCUT2D eigenvalue weighted by molar-refractivity contribution is -0.144. The predicted molar refractivity (Wildman–Crippen MR) is 68.6 cm³/mol. The van der Waals surface area contributed by atoms with Crippen LogP contribution >= 0.6 is 0 Å². The van der Waals surface area contributed by atoms with E-state index in [1.165, 1.54) is 18.2 Å². The molecule has 0 saturated heterocycles. The minimum Gasteiger partial charge on any atom is -0.481 e. The lowest BCUT2D eigenvalue weighted by atomic mass is 9.75. The summed E-state index contributed by atoms with van der Waals surface area (Å²) in [4.78, 5) is 23.6. The SMILES string of the molecule is Cc1cc(C(=O)[C@H]2CCCC[C@H]2C(=O)O)ccc1F. The molecule has 2 atom stereocenters. The molecule has 4 heteroatoms. The Morgan fingerprint density at radius 3 is 2.42 bits per heavy atom. The molecular formula is C15H17FO3. The second-order valence-corrected chi connectivity index (χ2v) is 5.16. The van der Waals surface area contributed by atoms with E-state index in [0.29, 0.717) is 24.0 Å². The molecule has 0 unspecified atom stereocenters. The largest absolute Gasteiger partial charge is 0.481 e. The molecule has 0 heterocycles. The Kier molecular flexibility index (Phi) is 3.98. The monoisotopic (exact) mass is 264 g/mol. The molecule has 1 saturated carbocycles. The van der Waals surface area contributed by atoms with Crippen LogP contribution < -0.4 is 0 Å². The van der Waals surface area contributed by atoms with Gasteiger partial charge in [-0.05, 0) is 43.5 Å². The molecule has 0 bridgehead atoms. The maximum absolute atomic E-state index is 13.2. The molecule has 0 spiro atoms. The van der Waals surface area contributed by atoms with E-state index in [2.05, 4.69) is 0 Å². The highest BCUT2D eigenvalue weighted by molar-refractivity contribution is 6.00. The molecule has 0 aliphatic heterocycles. The summed E-state index contributed by atoms with van der Waals surface area (Å²) < 4.78 is 13.2. The van der Waals surface area contributed by atoms with E-state index >= 15 is 0 Å². The number of ketones is 1. The third-order valence-electron chi connectivity index (χ3n) is 3.86. The van der Waals surface area contributed by atoms with Crippen LogP contribution in [-0.4, -0.2) is 16.9 Å². The first kappa shape index (κ1) is 13.7. The number of aliphatic carboxylic acids is 1.